The van der Waals surface area contributed by atoms with Crippen LogP contribution in [-0.2, 0) is 0 Å². The zero-order chi connectivity index (χ0) is 14.6. The second-order valence-corrected chi connectivity index (χ2v) is 5.34. The van der Waals surface area contributed by atoms with E-state index < -0.39 is 0 Å². The van der Waals surface area contributed by atoms with Crippen LogP contribution in [0, 0.1) is 0 Å². The number of carbonyl (C=O) groups excluding carboxylic acids is 1. The summed E-state index contributed by atoms with van der Waals surface area (Å²) in [6.07, 6.45) is -0.0751. The fraction of sp³-hybridized carbons (Fsp3) is 0.500. The van der Waals surface area contributed by atoms with Gasteiger partial charge < -0.3 is 9.47 Å². The summed E-state index contributed by atoms with van der Waals surface area (Å²) in [5.74, 6) is 0.601. The molecule has 0 spiro atoms. The van der Waals surface area contributed by atoms with E-state index in [1.54, 1.807) is 12.1 Å². The second-order valence-electron chi connectivity index (χ2n) is 4.67. The van der Waals surface area contributed by atoms with Crippen LogP contribution in [0.5, 0.6) is 11.5 Å². The van der Waals surface area contributed by atoms with Crippen molar-refractivity contribution in [2.75, 3.05) is 5.88 Å². The van der Waals surface area contributed by atoms with Gasteiger partial charge in [-0.05, 0) is 33.8 Å². The van der Waals surface area contributed by atoms with Crippen LogP contribution in [0.3, 0.4) is 0 Å². The molecular formula is C14H18Cl2O3. The van der Waals surface area contributed by atoms with Crippen molar-refractivity contribution >= 4 is 29.0 Å². The van der Waals surface area contributed by atoms with Crippen LogP contribution in [0.25, 0.3) is 0 Å². The van der Waals surface area contributed by atoms with Gasteiger partial charge in [0.1, 0.15) is 11.5 Å². The SMILES string of the molecule is CC(C)Oc1cc(OC(C)C)c(C(=O)CCl)cc1Cl. The maximum atomic E-state index is 11.8. The lowest BCUT2D eigenvalue weighted by atomic mass is 10.1. The van der Waals surface area contributed by atoms with Crippen molar-refractivity contribution in [3.63, 3.8) is 0 Å². The van der Waals surface area contributed by atoms with Crippen LogP contribution in [0.1, 0.15) is 38.1 Å². The zero-order valence-corrected chi connectivity index (χ0v) is 13.0. The Hall–Kier alpha value is -0.930. The third-order valence-electron chi connectivity index (χ3n) is 2.18. The molecule has 1 aromatic rings. The van der Waals surface area contributed by atoms with Gasteiger partial charge in [-0.1, -0.05) is 11.6 Å². The number of alkyl halides is 1. The van der Waals surface area contributed by atoms with Crippen LogP contribution >= 0.6 is 23.2 Å². The highest BCUT2D eigenvalue weighted by atomic mass is 35.5. The summed E-state index contributed by atoms with van der Waals surface area (Å²) in [6, 6.07) is 3.18. The Balaban J connectivity index is 3.23. The highest BCUT2D eigenvalue weighted by Gasteiger charge is 2.17. The number of benzene rings is 1. The van der Waals surface area contributed by atoms with E-state index in [4.69, 9.17) is 32.7 Å². The number of hydrogen-bond donors (Lipinski definition) is 0. The summed E-state index contributed by atoms with van der Waals surface area (Å²) < 4.78 is 11.2. The van der Waals surface area contributed by atoms with Crippen molar-refractivity contribution in [1.82, 2.24) is 0 Å². The van der Waals surface area contributed by atoms with Crippen LogP contribution in [0.4, 0.5) is 0 Å². The summed E-state index contributed by atoms with van der Waals surface area (Å²) in [4.78, 5) is 11.8. The first-order valence-corrected chi connectivity index (χ1v) is 7.02. The molecule has 0 aliphatic rings. The second kappa shape index (κ2) is 7.01. The number of ketones is 1. The number of halogens is 2. The summed E-state index contributed by atoms with van der Waals surface area (Å²) >= 11 is 11.7. The highest BCUT2D eigenvalue weighted by Crippen LogP contribution is 2.34. The molecule has 0 aromatic heterocycles. The summed E-state index contributed by atoms with van der Waals surface area (Å²) in [7, 11) is 0. The Bertz CT molecular complexity index is 456. The van der Waals surface area contributed by atoms with E-state index in [-0.39, 0.29) is 23.9 Å². The van der Waals surface area contributed by atoms with Crippen LogP contribution < -0.4 is 9.47 Å². The van der Waals surface area contributed by atoms with Crippen molar-refractivity contribution in [2.24, 2.45) is 0 Å². The first kappa shape index (κ1) is 16.1. The van der Waals surface area contributed by atoms with E-state index in [2.05, 4.69) is 0 Å². The number of hydrogen-bond acceptors (Lipinski definition) is 3. The highest BCUT2D eigenvalue weighted by molar-refractivity contribution is 6.34. The summed E-state index contributed by atoms with van der Waals surface area (Å²) in [6.45, 7) is 7.56. The molecule has 0 bridgehead atoms. The van der Waals surface area contributed by atoms with Gasteiger partial charge in [0.15, 0.2) is 5.78 Å². The predicted octanol–water partition coefficient (Wildman–Crippen LogP) is 4.34. The molecule has 0 saturated heterocycles. The average Bonchev–Trinajstić information content (AvgIpc) is 2.30. The standard InChI is InChI=1S/C14H18Cl2O3/c1-8(2)18-13-6-14(19-9(3)4)11(16)5-10(13)12(17)7-15/h5-6,8-9H,7H2,1-4H3. The fourth-order valence-electron chi connectivity index (χ4n) is 1.52. The molecule has 0 aliphatic heterocycles. The maximum absolute atomic E-state index is 11.8. The molecular weight excluding hydrogens is 287 g/mol. The summed E-state index contributed by atoms with van der Waals surface area (Å²) in [5, 5.41) is 0.373. The first-order chi connectivity index (χ1) is 8.85. The molecule has 3 nitrogen and oxygen atoms in total. The molecule has 5 heteroatoms. The van der Waals surface area contributed by atoms with Gasteiger partial charge in [0, 0.05) is 6.07 Å². The van der Waals surface area contributed by atoms with E-state index in [1.165, 1.54) is 0 Å². The Labute approximate surface area is 123 Å². The van der Waals surface area contributed by atoms with E-state index in [0.29, 0.717) is 22.1 Å². The lowest BCUT2D eigenvalue weighted by Crippen LogP contribution is -2.12. The first-order valence-electron chi connectivity index (χ1n) is 6.11. The van der Waals surface area contributed by atoms with Crippen LogP contribution in [0.15, 0.2) is 12.1 Å². The molecule has 106 valence electrons. The maximum Gasteiger partial charge on any atom is 0.181 e. The molecule has 0 atom stereocenters. The Morgan fingerprint density at radius 1 is 1.11 bits per heavy atom. The molecule has 0 unspecified atom stereocenters. The van der Waals surface area contributed by atoms with Crippen LogP contribution in [-0.4, -0.2) is 23.9 Å². The molecule has 0 fully saturated rings. The molecule has 0 saturated carbocycles. The molecule has 19 heavy (non-hydrogen) atoms. The predicted molar refractivity (Wildman–Crippen MR) is 78.0 cm³/mol. The number of ether oxygens (including phenoxy) is 2. The van der Waals surface area contributed by atoms with Crippen molar-refractivity contribution in [1.29, 1.82) is 0 Å². The Morgan fingerprint density at radius 3 is 2.11 bits per heavy atom. The zero-order valence-electron chi connectivity index (χ0n) is 11.5. The molecule has 1 aromatic carbocycles. The van der Waals surface area contributed by atoms with Crippen LogP contribution in [0.2, 0.25) is 5.02 Å². The normalized spacial score (nSPS) is 10.9. The Kier molecular flexibility index (Phi) is 5.95. The number of Topliss-reactive ketones (excluding diaryl/α,β-unsaturated/α-hetero) is 1. The topological polar surface area (TPSA) is 35.5 Å². The Morgan fingerprint density at radius 2 is 1.63 bits per heavy atom. The number of rotatable bonds is 6. The van der Waals surface area contributed by atoms with Gasteiger partial charge in [0.2, 0.25) is 0 Å². The van der Waals surface area contributed by atoms with Crippen molar-refractivity contribution in [2.45, 2.75) is 39.9 Å². The molecule has 1 rings (SSSR count). The van der Waals surface area contributed by atoms with Gasteiger partial charge in [-0.15, -0.1) is 11.6 Å². The minimum atomic E-state index is -0.227. The van der Waals surface area contributed by atoms with Crippen molar-refractivity contribution in [3.8, 4) is 11.5 Å². The average molecular weight is 305 g/mol. The quantitative estimate of drug-likeness (QED) is 0.579. The lowest BCUT2D eigenvalue weighted by molar-refractivity contribution is 0.101. The third kappa shape index (κ3) is 4.59. The van der Waals surface area contributed by atoms with Gasteiger partial charge in [-0.25, -0.2) is 0 Å². The molecule has 0 heterocycles. The largest absolute Gasteiger partial charge is 0.490 e. The minimum Gasteiger partial charge on any atom is -0.490 e. The van der Waals surface area contributed by atoms with Crippen molar-refractivity contribution < 1.29 is 14.3 Å². The van der Waals surface area contributed by atoms with Crippen molar-refractivity contribution in [3.05, 3.63) is 22.7 Å². The smallest absolute Gasteiger partial charge is 0.181 e. The number of carbonyl (C=O) groups is 1. The molecule has 0 amide bonds. The van der Waals surface area contributed by atoms with E-state index in [1.807, 2.05) is 27.7 Å². The van der Waals surface area contributed by atoms with Gasteiger partial charge in [-0.3, -0.25) is 4.79 Å². The van der Waals surface area contributed by atoms with Gasteiger partial charge in [0.05, 0.1) is 28.7 Å². The minimum absolute atomic E-state index is 0.0148. The lowest BCUT2D eigenvalue weighted by Gasteiger charge is -2.17. The summed E-state index contributed by atoms with van der Waals surface area (Å²) in [5.41, 5.74) is 0.379. The van der Waals surface area contributed by atoms with E-state index in [0.717, 1.165) is 0 Å². The van der Waals surface area contributed by atoms with E-state index >= 15 is 0 Å². The monoisotopic (exact) mass is 304 g/mol. The molecule has 0 N–H and O–H groups in total. The third-order valence-corrected chi connectivity index (χ3v) is 2.72. The fourth-order valence-corrected chi connectivity index (χ4v) is 1.87. The molecule has 0 radical (unpaired) electrons. The van der Waals surface area contributed by atoms with E-state index in [9.17, 15) is 4.79 Å². The van der Waals surface area contributed by atoms with Gasteiger partial charge >= 0.3 is 0 Å². The van der Waals surface area contributed by atoms with Gasteiger partial charge in [-0.2, -0.15) is 0 Å². The molecule has 0 aliphatic carbocycles. The van der Waals surface area contributed by atoms with Gasteiger partial charge in [0.25, 0.3) is 0 Å².